The third-order valence-corrected chi connectivity index (χ3v) is 5.40. The standard InChI is InChI=1S/C16H24Cl2N2O/c1-11-4-3-7-16(10-11,21-2)15(20-19)9-12-5-6-13(17)14(18)8-12/h5-6,8,11,15,20H,3-4,7,9-10,19H2,1-2H3. The van der Waals surface area contributed by atoms with Gasteiger partial charge in [-0.2, -0.15) is 0 Å². The Morgan fingerprint density at radius 2 is 2.19 bits per heavy atom. The fourth-order valence-electron chi connectivity index (χ4n) is 3.49. The summed E-state index contributed by atoms with van der Waals surface area (Å²) in [5.74, 6) is 6.49. The summed E-state index contributed by atoms with van der Waals surface area (Å²) in [6, 6.07) is 5.79. The van der Waals surface area contributed by atoms with E-state index >= 15 is 0 Å². The topological polar surface area (TPSA) is 47.3 Å². The summed E-state index contributed by atoms with van der Waals surface area (Å²) in [7, 11) is 1.79. The molecule has 3 N–H and O–H groups in total. The van der Waals surface area contributed by atoms with Gasteiger partial charge in [0.1, 0.15) is 0 Å². The molecule has 1 aliphatic carbocycles. The Morgan fingerprint density at radius 3 is 2.76 bits per heavy atom. The molecule has 3 atom stereocenters. The summed E-state index contributed by atoms with van der Waals surface area (Å²) in [5.41, 5.74) is 3.87. The number of hydrazine groups is 1. The predicted molar refractivity (Wildman–Crippen MR) is 88.6 cm³/mol. The van der Waals surface area contributed by atoms with E-state index in [0.717, 1.165) is 24.8 Å². The first-order chi connectivity index (χ1) is 10.0. The highest BCUT2D eigenvalue weighted by atomic mass is 35.5. The molecule has 1 aromatic carbocycles. The van der Waals surface area contributed by atoms with Crippen LogP contribution in [0.5, 0.6) is 0 Å². The minimum atomic E-state index is -0.210. The van der Waals surface area contributed by atoms with Gasteiger partial charge < -0.3 is 4.74 Å². The van der Waals surface area contributed by atoms with Gasteiger partial charge in [0.15, 0.2) is 0 Å². The molecule has 0 spiro atoms. The Balaban J connectivity index is 2.19. The van der Waals surface area contributed by atoms with Crippen molar-refractivity contribution in [2.24, 2.45) is 11.8 Å². The number of nitrogens with one attached hydrogen (secondary N) is 1. The molecule has 1 saturated carbocycles. The normalized spacial score (nSPS) is 27.6. The smallest absolute Gasteiger partial charge is 0.0850 e. The molecule has 3 unspecified atom stereocenters. The van der Waals surface area contributed by atoms with Gasteiger partial charge in [-0.3, -0.25) is 11.3 Å². The van der Waals surface area contributed by atoms with Gasteiger partial charge in [-0.1, -0.05) is 49.0 Å². The molecule has 118 valence electrons. The number of nitrogens with two attached hydrogens (primary N) is 1. The van der Waals surface area contributed by atoms with Crippen molar-refractivity contribution in [3.63, 3.8) is 0 Å². The first-order valence-corrected chi connectivity index (χ1v) is 8.21. The Hall–Kier alpha value is -0.320. The summed E-state index contributed by atoms with van der Waals surface area (Å²) in [4.78, 5) is 0. The van der Waals surface area contributed by atoms with Gasteiger partial charge in [-0.25, -0.2) is 0 Å². The number of methoxy groups -OCH3 is 1. The van der Waals surface area contributed by atoms with Crippen LogP contribution in [0.2, 0.25) is 10.0 Å². The van der Waals surface area contributed by atoms with Crippen molar-refractivity contribution in [1.29, 1.82) is 0 Å². The second kappa shape index (κ2) is 7.30. The highest BCUT2D eigenvalue weighted by molar-refractivity contribution is 6.42. The molecule has 1 aromatic rings. The van der Waals surface area contributed by atoms with Gasteiger partial charge in [0, 0.05) is 7.11 Å². The van der Waals surface area contributed by atoms with E-state index < -0.39 is 0 Å². The minimum Gasteiger partial charge on any atom is -0.377 e. The van der Waals surface area contributed by atoms with E-state index in [-0.39, 0.29) is 11.6 Å². The molecule has 1 aliphatic rings. The van der Waals surface area contributed by atoms with Gasteiger partial charge in [0.2, 0.25) is 0 Å². The van der Waals surface area contributed by atoms with E-state index in [1.54, 1.807) is 7.11 Å². The number of benzene rings is 1. The van der Waals surface area contributed by atoms with Crippen LogP contribution in [0, 0.1) is 5.92 Å². The number of hydrogen-bond acceptors (Lipinski definition) is 3. The van der Waals surface area contributed by atoms with Crippen molar-refractivity contribution >= 4 is 23.2 Å². The van der Waals surface area contributed by atoms with Crippen LogP contribution >= 0.6 is 23.2 Å². The van der Waals surface area contributed by atoms with Crippen LogP contribution in [0.1, 0.15) is 38.2 Å². The lowest BCUT2D eigenvalue weighted by atomic mass is 9.73. The van der Waals surface area contributed by atoms with E-state index in [1.807, 2.05) is 18.2 Å². The summed E-state index contributed by atoms with van der Waals surface area (Å²) in [6.07, 6.45) is 5.27. The maximum Gasteiger partial charge on any atom is 0.0850 e. The number of halogens is 2. The third kappa shape index (κ3) is 3.91. The van der Waals surface area contributed by atoms with Gasteiger partial charge in [0.25, 0.3) is 0 Å². The molecular formula is C16H24Cl2N2O. The molecule has 3 nitrogen and oxygen atoms in total. The predicted octanol–water partition coefficient (Wildman–Crippen LogP) is 3.96. The fraction of sp³-hybridized carbons (Fsp3) is 0.625. The zero-order valence-corrected chi connectivity index (χ0v) is 14.2. The van der Waals surface area contributed by atoms with Crippen molar-refractivity contribution in [2.75, 3.05) is 7.11 Å². The van der Waals surface area contributed by atoms with Crippen LogP contribution in [-0.2, 0) is 11.2 Å². The van der Waals surface area contributed by atoms with Gasteiger partial charge in [0.05, 0.1) is 21.7 Å². The van der Waals surface area contributed by atoms with E-state index in [9.17, 15) is 0 Å². The van der Waals surface area contributed by atoms with Crippen LogP contribution in [0.3, 0.4) is 0 Å². The SMILES string of the molecule is COC1(C(Cc2ccc(Cl)c(Cl)c2)NN)CCCC(C)C1. The zero-order chi connectivity index (χ0) is 15.5. The quantitative estimate of drug-likeness (QED) is 0.634. The minimum absolute atomic E-state index is 0.0579. The zero-order valence-electron chi connectivity index (χ0n) is 12.7. The van der Waals surface area contributed by atoms with E-state index in [1.165, 1.54) is 12.8 Å². The second-order valence-electron chi connectivity index (χ2n) is 6.14. The molecule has 2 rings (SSSR count). The average Bonchev–Trinajstić information content (AvgIpc) is 2.48. The summed E-state index contributed by atoms with van der Waals surface area (Å²) in [6.45, 7) is 2.28. The van der Waals surface area contributed by atoms with Gasteiger partial charge in [-0.05, 0) is 42.9 Å². The number of rotatable bonds is 5. The molecule has 0 bridgehead atoms. The maximum atomic E-state index is 6.10. The van der Waals surface area contributed by atoms with Crippen molar-refractivity contribution in [3.05, 3.63) is 33.8 Å². The van der Waals surface area contributed by atoms with Crippen LogP contribution < -0.4 is 11.3 Å². The Kier molecular flexibility index (Phi) is 5.92. The molecule has 0 heterocycles. The van der Waals surface area contributed by atoms with Crippen LogP contribution in [0.25, 0.3) is 0 Å². The molecule has 0 aromatic heterocycles. The molecule has 0 aliphatic heterocycles. The van der Waals surface area contributed by atoms with E-state index in [0.29, 0.717) is 16.0 Å². The highest BCUT2D eigenvalue weighted by Crippen LogP contribution is 2.38. The summed E-state index contributed by atoms with van der Waals surface area (Å²) in [5, 5.41) is 1.15. The highest BCUT2D eigenvalue weighted by Gasteiger charge is 2.41. The first kappa shape index (κ1) is 17.0. The Bertz CT molecular complexity index is 483. The number of hydrogen-bond donors (Lipinski definition) is 2. The molecule has 0 radical (unpaired) electrons. The third-order valence-electron chi connectivity index (χ3n) is 4.66. The molecular weight excluding hydrogens is 307 g/mol. The van der Waals surface area contributed by atoms with Crippen molar-refractivity contribution in [2.45, 2.75) is 50.7 Å². The fourth-order valence-corrected chi connectivity index (χ4v) is 3.81. The van der Waals surface area contributed by atoms with Crippen molar-refractivity contribution in [3.8, 4) is 0 Å². The molecule has 0 saturated heterocycles. The molecule has 21 heavy (non-hydrogen) atoms. The van der Waals surface area contributed by atoms with Crippen molar-refractivity contribution in [1.82, 2.24) is 5.43 Å². The average molecular weight is 331 g/mol. The van der Waals surface area contributed by atoms with Crippen LogP contribution in [-0.4, -0.2) is 18.8 Å². The van der Waals surface area contributed by atoms with Crippen LogP contribution in [0.15, 0.2) is 18.2 Å². The maximum absolute atomic E-state index is 6.10. The first-order valence-electron chi connectivity index (χ1n) is 7.46. The lowest BCUT2D eigenvalue weighted by Gasteiger charge is -2.44. The lowest BCUT2D eigenvalue weighted by Crippen LogP contribution is -2.57. The Morgan fingerprint density at radius 1 is 1.43 bits per heavy atom. The van der Waals surface area contributed by atoms with Crippen LogP contribution in [0.4, 0.5) is 0 Å². The molecule has 1 fully saturated rings. The molecule has 5 heteroatoms. The summed E-state index contributed by atoms with van der Waals surface area (Å²) >= 11 is 12.1. The summed E-state index contributed by atoms with van der Waals surface area (Å²) < 4.78 is 5.93. The van der Waals surface area contributed by atoms with E-state index in [4.69, 9.17) is 33.8 Å². The van der Waals surface area contributed by atoms with Gasteiger partial charge in [-0.15, -0.1) is 0 Å². The second-order valence-corrected chi connectivity index (χ2v) is 6.96. The Labute approximate surface area is 137 Å². The monoisotopic (exact) mass is 330 g/mol. The number of ether oxygens (including phenoxy) is 1. The van der Waals surface area contributed by atoms with E-state index in [2.05, 4.69) is 12.3 Å². The van der Waals surface area contributed by atoms with Gasteiger partial charge >= 0.3 is 0 Å². The lowest BCUT2D eigenvalue weighted by molar-refractivity contribution is -0.0791. The molecule has 0 amide bonds. The largest absolute Gasteiger partial charge is 0.377 e. The van der Waals surface area contributed by atoms with Crippen molar-refractivity contribution < 1.29 is 4.74 Å².